The van der Waals surface area contributed by atoms with Crippen molar-refractivity contribution in [1.82, 2.24) is 4.90 Å². The van der Waals surface area contributed by atoms with Crippen molar-refractivity contribution in [2.24, 2.45) is 0 Å². The molecule has 0 saturated carbocycles. The van der Waals surface area contributed by atoms with E-state index in [9.17, 15) is 4.79 Å². The topological polar surface area (TPSA) is 32.8 Å². The average Bonchev–Trinajstić information content (AvgIpc) is 3.29. The van der Waals surface area contributed by atoms with Crippen molar-refractivity contribution in [3.8, 4) is 0 Å². The molecule has 4 rings (SSSR count). The molecule has 152 valence electrons. The molecule has 2 aromatic rings. The second-order valence-corrected chi connectivity index (χ2v) is 8.72. The number of amides is 1. The first-order chi connectivity index (χ1) is 14.2. The van der Waals surface area contributed by atoms with Gasteiger partial charge in [-0.05, 0) is 48.7 Å². The van der Waals surface area contributed by atoms with Crippen LogP contribution >= 0.6 is 23.4 Å². The molecule has 2 fully saturated rings. The molecule has 2 heterocycles. The molecule has 2 aromatic carbocycles. The number of carbonyl (C=O) groups is 1. The molecule has 0 aliphatic carbocycles. The molecule has 2 aliphatic heterocycles. The SMILES string of the molecule is O=C(/C=C/c1ccc(Sc2ccccc2N2CCCC2)c(Cl)c1)N1CCOCC1. The van der Waals surface area contributed by atoms with E-state index < -0.39 is 0 Å². The lowest BCUT2D eigenvalue weighted by molar-refractivity contribution is -0.129. The molecule has 0 radical (unpaired) electrons. The second-order valence-electron chi connectivity index (χ2n) is 7.22. The number of halogens is 1. The van der Waals surface area contributed by atoms with Gasteiger partial charge >= 0.3 is 0 Å². The summed E-state index contributed by atoms with van der Waals surface area (Å²) < 4.78 is 5.29. The van der Waals surface area contributed by atoms with Gasteiger partial charge in [0.25, 0.3) is 0 Å². The van der Waals surface area contributed by atoms with Crippen molar-refractivity contribution in [1.29, 1.82) is 0 Å². The Bertz CT molecular complexity index is 890. The summed E-state index contributed by atoms with van der Waals surface area (Å²) in [7, 11) is 0. The monoisotopic (exact) mass is 428 g/mol. The van der Waals surface area contributed by atoms with Crippen LogP contribution in [0.3, 0.4) is 0 Å². The van der Waals surface area contributed by atoms with Gasteiger partial charge in [-0.25, -0.2) is 0 Å². The van der Waals surface area contributed by atoms with Crippen molar-refractivity contribution in [2.75, 3.05) is 44.3 Å². The minimum absolute atomic E-state index is 0.0161. The minimum Gasteiger partial charge on any atom is -0.378 e. The molecule has 0 atom stereocenters. The molecule has 6 heteroatoms. The minimum atomic E-state index is 0.0161. The number of hydrogen-bond donors (Lipinski definition) is 0. The summed E-state index contributed by atoms with van der Waals surface area (Å²) in [6.07, 6.45) is 5.96. The first kappa shape index (κ1) is 20.3. The van der Waals surface area contributed by atoms with Gasteiger partial charge in [-0.15, -0.1) is 0 Å². The van der Waals surface area contributed by atoms with Crippen LogP contribution in [-0.2, 0) is 9.53 Å². The van der Waals surface area contributed by atoms with Gasteiger partial charge in [0.05, 0.1) is 23.9 Å². The first-order valence-electron chi connectivity index (χ1n) is 10.1. The van der Waals surface area contributed by atoms with Crippen LogP contribution < -0.4 is 4.90 Å². The number of carbonyl (C=O) groups excluding carboxylic acids is 1. The summed E-state index contributed by atoms with van der Waals surface area (Å²) in [5.74, 6) is 0.0161. The van der Waals surface area contributed by atoms with Gasteiger partial charge in [0.15, 0.2) is 0 Å². The van der Waals surface area contributed by atoms with Crippen LogP contribution in [0.2, 0.25) is 5.02 Å². The zero-order valence-corrected chi connectivity index (χ0v) is 17.9. The van der Waals surface area contributed by atoms with Crippen LogP contribution in [0.1, 0.15) is 18.4 Å². The Kier molecular flexibility index (Phi) is 6.80. The maximum absolute atomic E-state index is 12.3. The average molecular weight is 429 g/mol. The van der Waals surface area contributed by atoms with Crippen LogP contribution in [0.25, 0.3) is 6.08 Å². The molecule has 0 spiro atoms. The lowest BCUT2D eigenvalue weighted by atomic mass is 10.2. The summed E-state index contributed by atoms with van der Waals surface area (Å²) in [6, 6.07) is 14.5. The summed E-state index contributed by atoms with van der Waals surface area (Å²) >= 11 is 8.27. The van der Waals surface area contributed by atoms with Crippen LogP contribution in [0.15, 0.2) is 58.3 Å². The van der Waals surface area contributed by atoms with Crippen LogP contribution in [-0.4, -0.2) is 50.2 Å². The molecule has 0 N–H and O–H groups in total. The van der Waals surface area contributed by atoms with Gasteiger partial charge in [-0.1, -0.05) is 41.6 Å². The number of rotatable bonds is 5. The quantitative estimate of drug-likeness (QED) is 0.630. The van der Waals surface area contributed by atoms with E-state index in [1.54, 1.807) is 22.7 Å². The number of para-hydroxylation sites is 1. The summed E-state index contributed by atoms with van der Waals surface area (Å²) in [5, 5.41) is 0.701. The third-order valence-corrected chi connectivity index (χ3v) is 6.79. The normalized spacial score (nSPS) is 17.3. The highest BCUT2D eigenvalue weighted by Crippen LogP contribution is 2.39. The number of anilines is 1. The number of morpholine rings is 1. The van der Waals surface area contributed by atoms with Crippen molar-refractivity contribution < 1.29 is 9.53 Å². The lowest BCUT2D eigenvalue weighted by Gasteiger charge is -2.25. The van der Waals surface area contributed by atoms with Crippen LogP contribution in [0.4, 0.5) is 5.69 Å². The summed E-state index contributed by atoms with van der Waals surface area (Å²) in [4.78, 5) is 18.8. The van der Waals surface area contributed by atoms with E-state index in [2.05, 4.69) is 29.2 Å². The van der Waals surface area contributed by atoms with E-state index >= 15 is 0 Å². The Balaban J connectivity index is 1.45. The highest BCUT2D eigenvalue weighted by atomic mass is 35.5. The van der Waals surface area contributed by atoms with Crippen molar-refractivity contribution in [3.63, 3.8) is 0 Å². The van der Waals surface area contributed by atoms with E-state index in [0.717, 1.165) is 23.5 Å². The smallest absolute Gasteiger partial charge is 0.246 e. The molecule has 1 amide bonds. The van der Waals surface area contributed by atoms with E-state index in [-0.39, 0.29) is 5.91 Å². The Labute approximate surface area is 181 Å². The zero-order chi connectivity index (χ0) is 20.1. The van der Waals surface area contributed by atoms with Gasteiger partial charge in [0.1, 0.15) is 0 Å². The highest BCUT2D eigenvalue weighted by Gasteiger charge is 2.17. The van der Waals surface area contributed by atoms with Crippen molar-refractivity contribution in [2.45, 2.75) is 22.6 Å². The molecule has 2 saturated heterocycles. The van der Waals surface area contributed by atoms with Gasteiger partial charge in [-0.2, -0.15) is 0 Å². The predicted molar refractivity (Wildman–Crippen MR) is 120 cm³/mol. The zero-order valence-electron chi connectivity index (χ0n) is 16.4. The number of hydrogen-bond acceptors (Lipinski definition) is 4. The molecule has 0 aromatic heterocycles. The lowest BCUT2D eigenvalue weighted by Crippen LogP contribution is -2.39. The number of ether oxygens (including phenoxy) is 1. The predicted octanol–water partition coefficient (Wildman–Crippen LogP) is 4.96. The third kappa shape index (κ3) is 5.16. The Morgan fingerprint density at radius 1 is 1.00 bits per heavy atom. The van der Waals surface area contributed by atoms with Gasteiger partial charge < -0.3 is 14.5 Å². The van der Waals surface area contributed by atoms with Gasteiger partial charge in [0, 0.05) is 42.0 Å². The second kappa shape index (κ2) is 9.70. The fraction of sp³-hybridized carbons (Fsp3) is 0.348. The van der Waals surface area contributed by atoms with Crippen molar-refractivity contribution >= 4 is 41.0 Å². The largest absolute Gasteiger partial charge is 0.378 e. The maximum atomic E-state index is 12.3. The Hall–Kier alpha value is -1.95. The van der Waals surface area contributed by atoms with E-state index in [0.29, 0.717) is 31.3 Å². The summed E-state index contributed by atoms with van der Waals surface area (Å²) in [6.45, 7) is 4.75. The number of nitrogens with zero attached hydrogens (tertiary/aromatic N) is 2. The van der Waals surface area contributed by atoms with Gasteiger partial charge in [0.2, 0.25) is 5.91 Å². The Morgan fingerprint density at radius 3 is 2.52 bits per heavy atom. The standard InChI is InChI=1S/C23H25ClN2O2S/c24-19-17-18(8-10-23(27)26-13-15-28-16-14-26)7-9-21(19)29-22-6-2-1-5-20(22)25-11-3-4-12-25/h1-2,5-10,17H,3-4,11-16H2/b10-8+. The van der Waals surface area contributed by atoms with Crippen molar-refractivity contribution in [3.05, 3.63) is 59.1 Å². The summed E-state index contributed by atoms with van der Waals surface area (Å²) in [5.41, 5.74) is 2.21. The highest BCUT2D eigenvalue weighted by molar-refractivity contribution is 7.99. The van der Waals surface area contributed by atoms with Gasteiger partial charge in [-0.3, -0.25) is 4.79 Å². The van der Waals surface area contributed by atoms with Crippen LogP contribution in [0.5, 0.6) is 0 Å². The Morgan fingerprint density at radius 2 is 1.76 bits per heavy atom. The molecule has 2 aliphatic rings. The molecule has 29 heavy (non-hydrogen) atoms. The van der Waals surface area contributed by atoms with E-state index in [4.69, 9.17) is 16.3 Å². The van der Waals surface area contributed by atoms with Crippen LogP contribution in [0, 0.1) is 0 Å². The van der Waals surface area contributed by atoms with E-state index in [1.807, 2.05) is 24.3 Å². The van der Waals surface area contributed by atoms with E-state index in [1.165, 1.54) is 23.4 Å². The fourth-order valence-corrected chi connectivity index (χ4v) is 4.92. The molecule has 0 unspecified atom stereocenters. The third-order valence-electron chi connectivity index (χ3n) is 5.23. The molecular weight excluding hydrogens is 404 g/mol. The molecular formula is C23H25ClN2O2S. The molecule has 4 nitrogen and oxygen atoms in total. The maximum Gasteiger partial charge on any atom is 0.246 e. The fourth-order valence-electron chi connectivity index (χ4n) is 3.64. The first-order valence-corrected chi connectivity index (χ1v) is 11.3. The molecule has 0 bridgehead atoms. The number of benzene rings is 2.